The number of H-pyrrole nitrogens is 1. The minimum Gasteiger partial charge on any atom is -0.333 e. The molecule has 0 aliphatic rings. The molecular formula is C19H20F2N4O3S2. The van der Waals surface area contributed by atoms with Crippen molar-refractivity contribution in [3.8, 4) is 0 Å². The molecule has 3 rings (SSSR count). The predicted molar refractivity (Wildman–Crippen MR) is 112 cm³/mol. The second kappa shape index (κ2) is 9.11. The van der Waals surface area contributed by atoms with Gasteiger partial charge in [0.15, 0.2) is 16.8 Å². The molecule has 30 heavy (non-hydrogen) atoms. The number of hydrogen-bond acceptors (Lipinski definition) is 5. The van der Waals surface area contributed by atoms with Crippen molar-refractivity contribution in [2.24, 2.45) is 0 Å². The number of imidazole rings is 1. The van der Waals surface area contributed by atoms with Gasteiger partial charge in [-0.15, -0.1) is 0 Å². The highest BCUT2D eigenvalue weighted by atomic mass is 32.2. The summed E-state index contributed by atoms with van der Waals surface area (Å²) in [4.78, 5) is 19.3. The molecule has 3 aromatic rings. The Morgan fingerprint density at radius 3 is 2.40 bits per heavy atom. The number of halogens is 2. The van der Waals surface area contributed by atoms with Crippen LogP contribution in [0.15, 0.2) is 46.5 Å². The lowest BCUT2D eigenvalue weighted by Gasteiger charge is -2.18. The van der Waals surface area contributed by atoms with Crippen molar-refractivity contribution in [2.45, 2.75) is 23.9 Å². The van der Waals surface area contributed by atoms with Crippen LogP contribution in [-0.4, -0.2) is 47.4 Å². The SMILES string of the molecule is CCN(CC)S(=O)(=O)c1ccc(NC(=O)CSc2nc3cc(F)c(F)cc3[nH]2)cc1. The lowest BCUT2D eigenvalue weighted by atomic mass is 10.3. The van der Waals surface area contributed by atoms with Crippen molar-refractivity contribution >= 4 is 44.4 Å². The molecule has 0 atom stereocenters. The van der Waals surface area contributed by atoms with E-state index >= 15 is 0 Å². The topological polar surface area (TPSA) is 95.2 Å². The van der Waals surface area contributed by atoms with Gasteiger partial charge in [-0.3, -0.25) is 4.79 Å². The molecule has 11 heteroatoms. The van der Waals surface area contributed by atoms with Crippen LogP contribution in [0.25, 0.3) is 11.0 Å². The van der Waals surface area contributed by atoms with Crippen LogP contribution in [0, 0.1) is 11.6 Å². The highest BCUT2D eigenvalue weighted by molar-refractivity contribution is 7.99. The van der Waals surface area contributed by atoms with Crippen molar-refractivity contribution in [1.29, 1.82) is 0 Å². The smallest absolute Gasteiger partial charge is 0.243 e. The number of carbonyl (C=O) groups excluding carboxylic acids is 1. The molecule has 0 aliphatic heterocycles. The number of aromatic amines is 1. The number of hydrogen-bond donors (Lipinski definition) is 2. The molecule has 0 aliphatic carbocycles. The number of rotatable bonds is 8. The van der Waals surface area contributed by atoms with Gasteiger partial charge >= 0.3 is 0 Å². The molecule has 160 valence electrons. The van der Waals surface area contributed by atoms with Gasteiger partial charge in [-0.2, -0.15) is 4.31 Å². The number of amides is 1. The first kappa shape index (κ1) is 22.2. The Balaban J connectivity index is 1.61. The number of aromatic nitrogens is 2. The Labute approximate surface area is 176 Å². The first-order valence-corrected chi connectivity index (χ1v) is 11.5. The zero-order valence-electron chi connectivity index (χ0n) is 16.3. The number of carbonyl (C=O) groups is 1. The third kappa shape index (κ3) is 4.79. The van der Waals surface area contributed by atoms with Crippen LogP contribution >= 0.6 is 11.8 Å². The fourth-order valence-corrected chi connectivity index (χ4v) is 4.95. The minimum atomic E-state index is -3.56. The Hall–Kier alpha value is -2.50. The normalized spacial score (nSPS) is 11.9. The quantitative estimate of drug-likeness (QED) is 0.507. The average molecular weight is 455 g/mol. The Bertz CT molecular complexity index is 1120. The molecule has 2 N–H and O–H groups in total. The Morgan fingerprint density at radius 2 is 1.77 bits per heavy atom. The van der Waals surface area contributed by atoms with E-state index in [4.69, 9.17) is 0 Å². The summed E-state index contributed by atoms with van der Waals surface area (Å²) in [5.74, 6) is -2.30. The van der Waals surface area contributed by atoms with Crippen molar-refractivity contribution in [1.82, 2.24) is 14.3 Å². The van der Waals surface area contributed by atoms with Gasteiger partial charge in [0.25, 0.3) is 0 Å². The third-order valence-electron chi connectivity index (χ3n) is 4.32. The van der Waals surface area contributed by atoms with E-state index in [2.05, 4.69) is 15.3 Å². The maximum absolute atomic E-state index is 13.3. The van der Waals surface area contributed by atoms with Gasteiger partial charge in [0, 0.05) is 30.9 Å². The molecule has 0 unspecified atom stereocenters. The summed E-state index contributed by atoms with van der Waals surface area (Å²) >= 11 is 1.08. The minimum absolute atomic E-state index is 0.00425. The zero-order valence-corrected chi connectivity index (χ0v) is 17.9. The Kier molecular flexibility index (Phi) is 6.74. The zero-order chi connectivity index (χ0) is 21.9. The summed E-state index contributed by atoms with van der Waals surface area (Å²) in [6.07, 6.45) is 0. The maximum atomic E-state index is 13.3. The summed E-state index contributed by atoms with van der Waals surface area (Å²) in [5, 5.41) is 3.02. The molecule has 0 saturated heterocycles. The van der Waals surface area contributed by atoms with Crippen LogP contribution in [0.2, 0.25) is 0 Å². The van der Waals surface area contributed by atoms with E-state index in [0.717, 1.165) is 23.9 Å². The van der Waals surface area contributed by atoms with E-state index < -0.39 is 21.7 Å². The standard InChI is InChI=1S/C19H20F2N4O3S2/c1-3-25(4-2)30(27,28)13-7-5-12(6-8-13)22-18(26)11-29-19-23-16-9-14(20)15(21)10-17(16)24-19/h5-10H,3-4,11H2,1-2H3,(H,22,26)(H,23,24). The van der Waals surface area contributed by atoms with E-state index in [-0.39, 0.29) is 22.1 Å². The molecule has 0 radical (unpaired) electrons. The van der Waals surface area contributed by atoms with Crippen LogP contribution in [-0.2, 0) is 14.8 Å². The largest absolute Gasteiger partial charge is 0.333 e. The van der Waals surface area contributed by atoms with Crippen LogP contribution in [0.5, 0.6) is 0 Å². The second-order valence-electron chi connectivity index (χ2n) is 6.28. The molecule has 7 nitrogen and oxygen atoms in total. The van der Waals surface area contributed by atoms with Crippen molar-refractivity contribution in [2.75, 3.05) is 24.2 Å². The van der Waals surface area contributed by atoms with E-state index in [1.54, 1.807) is 13.8 Å². The van der Waals surface area contributed by atoms with Crippen molar-refractivity contribution in [3.05, 3.63) is 48.0 Å². The van der Waals surface area contributed by atoms with Gasteiger partial charge in [0.2, 0.25) is 15.9 Å². The summed E-state index contributed by atoms with van der Waals surface area (Å²) in [5.41, 5.74) is 1.05. The fraction of sp³-hybridized carbons (Fsp3) is 0.263. The highest BCUT2D eigenvalue weighted by Crippen LogP contribution is 2.22. The van der Waals surface area contributed by atoms with Crippen LogP contribution < -0.4 is 5.32 Å². The molecular weight excluding hydrogens is 434 g/mol. The molecule has 0 fully saturated rings. The number of nitrogens with one attached hydrogen (secondary N) is 2. The highest BCUT2D eigenvalue weighted by Gasteiger charge is 2.21. The summed E-state index contributed by atoms with van der Waals surface area (Å²) < 4.78 is 52.8. The molecule has 0 spiro atoms. The fourth-order valence-electron chi connectivity index (χ4n) is 2.80. The molecule has 0 saturated carbocycles. The lowest BCUT2D eigenvalue weighted by Crippen LogP contribution is -2.30. The van der Waals surface area contributed by atoms with E-state index in [9.17, 15) is 22.0 Å². The number of benzene rings is 2. The number of thioether (sulfide) groups is 1. The number of sulfonamides is 1. The Morgan fingerprint density at radius 1 is 1.13 bits per heavy atom. The van der Waals surface area contributed by atoms with E-state index in [1.165, 1.54) is 28.6 Å². The summed E-state index contributed by atoms with van der Waals surface area (Å²) in [6, 6.07) is 7.92. The summed E-state index contributed by atoms with van der Waals surface area (Å²) in [7, 11) is -3.56. The number of nitrogens with zero attached hydrogens (tertiary/aromatic N) is 2. The van der Waals surface area contributed by atoms with Gasteiger partial charge in [-0.25, -0.2) is 22.2 Å². The van der Waals surface area contributed by atoms with Crippen LogP contribution in [0.1, 0.15) is 13.8 Å². The van der Waals surface area contributed by atoms with Gasteiger partial charge in [0.1, 0.15) is 0 Å². The van der Waals surface area contributed by atoms with Crippen LogP contribution in [0.4, 0.5) is 14.5 Å². The van der Waals surface area contributed by atoms with Gasteiger partial charge in [0.05, 0.1) is 21.7 Å². The number of anilines is 1. The van der Waals surface area contributed by atoms with Gasteiger partial charge in [-0.1, -0.05) is 25.6 Å². The molecule has 0 bridgehead atoms. The van der Waals surface area contributed by atoms with E-state index in [0.29, 0.717) is 29.5 Å². The molecule has 2 aromatic carbocycles. The molecule has 1 heterocycles. The first-order chi connectivity index (χ1) is 14.2. The van der Waals surface area contributed by atoms with Crippen LogP contribution in [0.3, 0.4) is 0 Å². The van der Waals surface area contributed by atoms with Gasteiger partial charge < -0.3 is 10.3 Å². The maximum Gasteiger partial charge on any atom is 0.243 e. The van der Waals surface area contributed by atoms with E-state index in [1.807, 2.05) is 0 Å². The second-order valence-corrected chi connectivity index (χ2v) is 9.18. The monoisotopic (exact) mass is 454 g/mol. The first-order valence-electron chi connectivity index (χ1n) is 9.12. The third-order valence-corrected chi connectivity index (χ3v) is 7.26. The summed E-state index contributed by atoms with van der Waals surface area (Å²) in [6.45, 7) is 4.27. The van der Waals surface area contributed by atoms with Gasteiger partial charge in [-0.05, 0) is 24.3 Å². The average Bonchev–Trinajstić information content (AvgIpc) is 3.09. The lowest BCUT2D eigenvalue weighted by molar-refractivity contribution is -0.113. The predicted octanol–water partition coefficient (Wildman–Crippen LogP) is 3.60. The molecule has 1 amide bonds. The van der Waals surface area contributed by atoms with Crippen molar-refractivity contribution in [3.63, 3.8) is 0 Å². The molecule has 1 aromatic heterocycles. The van der Waals surface area contributed by atoms with Crippen molar-refractivity contribution < 1.29 is 22.0 Å². The number of fused-ring (bicyclic) bond motifs is 1.